The second-order valence-corrected chi connectivity index (χ2v) is 2.71. The third kappa shape index (κ3) is 1.49. The molecule has 3 N–H and O–H groups in total. The molecule has 1 rings (SSSR count). The summed E-state index contributed by atoms with van der Waals surface area (Å²) in [6, 6.07) is 2.27. The molecule has 0 amide bonds. The molecule has 1 aromatic carbocycles. The van der Waals surface area contributed by atoms with Gasteiger partial charge >= 0.3 is 0 Å². The molecular formula is C8H8N2O4. The minimum atomic E-state index is -0.740. The summed E-state index contributed by atoms with van der Waals surface area (Å²) in [4.78, 5) is 20.8. The zero-order valence-electron chi connectivity index (χ0n) is 7.35. The number of carbonyl (C=O) groups excluding carboxylic acids is 1. The van der Waals surface area contributed by atoms with Crippen molar-refractivity contribution in [3.63, 3.8) is 0 Å². The Morgan fingerprint density at radius 1 is 1.57 bits per heavy atom. The lowest BCUT2D eigenvalue weighted by Gasteiger charge is -2.04. The van der Waals surface area contributed by atoms with Crippen LogP contribution in [0.4, 0.5) is 11.4 Å². The molecule has 0 saturated carbocycles. The first kappa shape index (κ1) is 9.97. The molecule has 0 spiro atoms. The number of ketones is 1. The number of nitro groups is 1. The van der Waals surface area contributed by atoms with E-state index < -0.39 is 22.1 Å². The fraction of sp³-hybridized carbons (Fsp3) is 0.125. The van der Waals surface area contributed by atoms with Gasteiger partial charge in [0.25, 0.3) is 5.69 Å². The number of benzene rings is 1. The number of hydrogen-bond donors (Lipinski definition) is 2. The molecule has 6 heteroatoms. The van der Waals surface area contributed by atoms with Gasteiger partial charge in [0.15, 0.2) is 11.5 Å². The second-order valence-electron chi connectivity index (χ2n) is 2.71. The van der Waals surface area contributed by atoms with Gasteiger partial charge in [-0.25, -0.2) is 0 Å². The van der Waals surface area contributed by atoms with Gasteiger partial charge in [-0.1, -0.05) is 0 Å². The van der Waals surface area contributed by atoms with E-state index >= 15 is 0 Å². The van der Waals surface area contributed by atoms with Crippen molar-refractivity contribution in [3.8, 4) is 5.75 Å². The summed E-state index contributed by atoms with van der Waals surface area (Å²) < 4.78 is 0. The van der Waals surface area contributed by atoms with E-state index in [2.05, 4.69) is 0 Å². The molecule has 0 aliphatic rings. The maximum Gasteiger partial charge on any atom is 0.284 e. The van der Waals surface area contributed by atoms with Gasteiger partial charge < -0.3 is 10.8 Å². The fourth-order valence-corrected chi connectivity index (χ4v) is 1.10. The van der Waals surface area contributed by atoms with Crippen molar-refractivity contribution in [1.82, 2.24) is 0 Å². The van der Waals surface area contributed by atoms with Crippen molar-refractivity contribution in [2.24, 2.45) is 0 Å². The monoisotopic (exact) mass is 196 g/mol. The summed E-state index contributed by atoms with van der Waals surface area (Å²) in [6.45, 7) is 1.13. The number of rotatable bonds is 2. The molecule has 0 radical (unpaired) electrons. The molecule has 14 heavy (non-hydrogen) atoms. The molecule has 0 unspecified atom stereocenters. The highest BCUT2D eigenvalue weighted by atomic mass is 16.6. The summed E-state index contributed by atoms with van der Waals surface area (Å²) in [7, 11) is 0. The predicted molar refractivity (Wildman–Crippen MR) is 49.2 cm³/mol. The lowest BCUT2D eigenvalue weighted by atomic mass is 10.1. The third-order valence-electron chi connectivity index (χ3n) is 1.74. The van der Waals surface area contributed by atoms with Crippen LogP contribution in [0.3, 0.4) is 0 Å². The van der Waals surface area contributed by atoms with Crippen molar-refractivity contribution in [2.45, 2.75) is 6.92 Å². The summed E-state index contributed by atoms with van der Waals surface area (Å²) in [5.74, 6) is -1.13. The predicted octanol–water partition coefficient (Wildman–Crippen LogP) is 1.09. The molecule has 0 heterocycles. The quantitative estimate of drug-likeness (QED) is 0.242. The van der Waals surface area contributed by atoms with Crippen molar-refractivity contribution in [1.29, 1.82) is 0 Å². The number of nitrogen functional groups attached to an aromatic ring is 1. The standard InChI is InChI=1S/C8H8N2O4/c1-4(11)7-6(10(13)14)3-2-5(9)8(7)12/h2-3,12H,9H2,1H3. The Morgan fingerprint density at radius 3 is 2.57 bits per heavy atom. The number of nitro benzene ring substituents is 1. The summed E-state index contributed by atoms with van der Waals surface area (Å²) in [5, 5.41) is 19.8. The van der Waals surface area contributed by atoms with Gasteiger partial charge in [-0.15, -0.1) is 0 Å². The van der Waals surface area contributed by atoms with E-state index in [1.165, 1.54) is 6.07 Å². The van der Waals surface area contributed by atoms with Gasteiger partial charge in [0.05, 0.1) is 10.6 Å². The number of carbonyl (C=O) groups is 1. The first-order valence-electron chi connectivity index (χ1n) is 3.72. The van der Waals surface area contributed by atoms with Gasteiger partial charge in [-0.05, 0) is 13.0 Å². The van der Waals surface area contributed by atoms with Gasteiger partial charge in [-0.2, -0.15) is 0 Å². The van der Waals surface area contributed by atoms with Crippen LogP contribution in [-0.2, 0) is 0 Å². The number of phenols is 1. The van der Waals surface area contributed by atoms with Crippen molar-refractivity contribution >= 4 is 17.2 Å². The lowest BCUT2D eigenvalue weighted by molar-refractivity contribution is -0.385. The molecule has 0 saturated heterocycles. The maximum atomic E-state index is 11.0. The zero-order valence-corrected chi connectivity index (χ0v) is 7.35. The highest BCUT2D eigenvalue weighted by Crippen LogP contribution is 2.32. The number of nitrogens with zero attached hydrogens (tertiary/aromatic N) is 1. The van der Waals surface area contributed by atoms with Crippen LogP contribution in [0.15, 0.2) is 12.1 Å². The van der Waals surface area contributed by atoms with E-state index in [-0.39, 0.29) is 11.3 Å². The first-order valence-corrected chi connectivity index (χ1v) is 3.72. The van der Waals surface area contributed by atoms with Gasteiger partial charge in [0.2, 0.25) is 0 Å². The SMILES string of the molecule is CC(=O)c1c([N+](=O)[O-])ccc(N)c1O. The molecule has 0 aliphatic carbocycles. The Balaban J connectivity index is 3.53. The topological polar surface area (TPSA) is 106 Å². The van der Waals surface area contributed by atoms with Crippen molar-refractivity contribution in [3.05, 3.63) is 27.8 Å². The van der Waals surface area contributed by atoms with Crippen LogP contribution in [0.5, 0.6) is 5.75 Å². The lowest BCUT2D eigenvalue weighted by Crippen LogP contribution is -2.02. The first-order chi connectivity index (χ1) is 6.45. The van der Waals surface area contributed by atoms with Crippen LogP contribution in [0.25, 0.3) is 0 Å². The summed E-state index contributed by atoms with van der Waals surface area (Å²) >= 11 is 0. The number of hydrogen-bond acceptors (Lipinski definition) is 5. The highest BCUT2D eigenvalue weighted by Gasteiger charge is 2.22. The van der Waals surface area contributed by atoms with Crippen LogP contribution in [-0.4, -0.2) is 15.8 Å². The van der Waals surface area contributed by atoms with Crippen LogP contribution in [0.1, 0.15) is 17.3 Å². The van der Waals surface area contributed by atoms with Crippen LogP contribution in [0, 0.1) is 10.1 Å². The molecule has 0 bridgehead atoms. The van der Waals surface area contributed by atoms with Gasteiger partial charge in [-0.3, -0.25) is 14.9 Å². The normalized spacial score (nSPS) is 9.79. The molecule has 0 fully saturated rings. The van der Waals surface area contributed by atoms with Gasteiger partial charge in [0.1, 0.15) is 5.56 Å². The maximum absolute atomic E-state index is 11.0. The molecule has 0 aromatic heterocycles. The third-order valence-corrected chi connectivity index (χ3v) is 1.74. The molecule has 74 valence electrons. The average Bonchev–Trinajstić information content (AvgIpc) is 2.08. The second kappa shape index (κ2) is 3.33. The van der Waals surface area contributed by atoms with E-state index in [0.717, 1.165) is 13.0 Å². The van der Waals surface area contributed by atoms with E-state index in [4.69, 9.17) is 5.73 Å². The van der Waals surface area contributed by atoms with E-state index in [0.29, 0.717) is 0 Å². The van der Waals surface area contributed by atoms with Gasteiger partial charge in [0, 0.05) is 6.07 Å². The highest BCUT2D eigenvalue weighted by molar-refractivity contribution is 6.02. The molecular weight excluding hydrogens is 188 g/mol. The van der Waals surface area contributed by atoms with Crippen LogP contribution < -0.4 is 5.73 Å². The van der Waals surface area contributed by atoms with Crippen LogP contribution in [0.2, 0.25) is 0 Å². The Kier molecular flexibility index (Phi) is 2.37. The van der Waals surface area contributed by atoms with Crippen molar-refractivity contribution in [2.75, 3.05) is 5.73 Å². The average molecular weight is 196 g/mol. The Hall–Kier alpha value is -2.11. The smallest absolute Gasteiger partial charge is 0.284 e. The minimum Gasteiger partial charge on any atom is -0.505 e. The summed E-state index contributed by atoms with van der Waals surface area (Å²) in [5.41, 5.74) is 4.46. The molecule has 6 nitrogen and oxygen atoms in total. The van der Waals surface area contributed by atoms with Crippen molar-refractivity contribution < 1.29 is 14.8 Å². The van der Waals surface area contributed by atoms with E-state index in [1.54, 1.807) is 0 Å². The number of Topliss-reactive ketones (excluding diaryl/α,β-unsaturated/α-hetero) is 1. The Labute approximate surface area is 79.1 Å². The molecule has 1 aromatic rings. The fourth-order valence-electron chi connectivity index (χ4n) is 1.10. The van der Waals surface area contributed by atoms with E-state index in [9.17, 15) is 20.0 Å². The summed E-state index contributed by atoms with van der Waals surface area (Å²) in [6.07, 6.45) is 0. The minimum absolute atomic E-state index is 0.0548. The Bertz CT molecular complexity index is 414. The largest absolute Gasteiger partial charge is 0.505 e. The van der Waals surface area contributed by atoms with Crippen LogP contribution >= 0.6 is 0 Å². The number of nitrogens with two attached hydrogens (primary N) is 1. The number of aromatic hydroxyl groups is 1. The Morgan fingerprint density at radius 2 is 2.14 bits per heavy atom. The molecule has 0 atom stereocenters. The number of phenolic OH excluding ortho intramolecular Hbond substituents is 1. The molecule has 0 aliphatic heterocycles. The van der Waals surface area contributed by atoms with E-state index in [1.807, 2.05) is 0 Å². The zero-order chi connectivity index (χ0) is 10.9. The number of anilines is 1.